The lowest BCUT2D eigenvalue weighted by Gasteiger charge is -2.15. The van der Waals surface area contributed by atoms with Gasteiger partial charge in [0.1, 0.15) is 4.32 Å². The van der Waals surface area contributed by atoms with Crippen molar-refractivity contribution in [1.82, 2.24) is 14.7 Å². The maximum Gasteiger partial charge on any atom is 0.266 e. The Morgan fingerprint density at radius 3 is 2.45 bits per heavy atom. The molecule has 0 spiro atoms. The van der Waals surface area contributed by atoms with E-state index in [4.69, 9.17) is 26.8 Å². The number of benzene rings is 3. The van der Waals surface area contributed by atoms with E-state index in [1.165, 1.54) is 11.8 Å². The van der Waals surface area contributed by atoms with Crippen molar-refractivity contribution in [3.63, 3.8) is 0 Å². The van der Waals surface area contributed by atoms with Crippen molar-refractivity contribution >= 4 is 62.9 Å². The first-order valence-electron chi connectivity index (χ1n) is 11.8. The van der Waals surface area contributed by atoms with Crippen LogP contribution in [0.3, 0.4) is 0 Å². The van der Waals surface area contributed by atoms with Crippen LogP contribution in [0.1, 0.15) is 11.1 Å². The monoisotopic (exact) mass is 653 g/mol. The molecule has 0 unspecified atom stereocenters. The topological polar surface area (TPSA) is 56.6 Å². The summed E-state index contributed by atoms with van der Waals surface area (Å²) in [7, 11) is 3.22. The van der Waals surface area contributed by atoms with Gasteiger partial charge in [-0.1, -0.05) is 60.4 Å². The maximum atomic E-state index is 13.4. The van der Waals surface area contributed by atoms with E-state index in [1.807, 2.05) is 77.6 Å². The SMILES string of the molecule is COc1ccc(CCN2C(=O)C(=Cc3cn(-c4ccccc4)nc3-c3ccc(I)cc3)SC2=S)cc1OC. The first-order chi connectivity index (χ1) is 18.5. The second kappa shape index (κ2) is 11.7. The van der Waals surface area contributed by atoms with Gasteiger partial charge in [0.15, 0.2) is 11.5 Å². The van der Waals surface area contributed by atoms with Gasteiger partial charge in [0.25, 0.3) is 5.91 Å². The zero-order valence-electron chi connectivity index (χ0n) is 20.8. The minimum absolute atomic E-state index is 0.0958. The van der Waals surface area contributed by atoms with Gasteiger partial charge in [0, 0.05) is 27.4 Å². The van der Waals surface area contributed by atoms with E-state index >= 15 is 0 Å². The van der Waals surface area contributed by atoms with Crippen LogP contribution in [0.15, 0.2) is 83.9 Å². The van der Waals surface area contributed by atoms with Crippen LogP contribution < -0.4 is 9.47 Å². The molecular weight excluding hydrogens is 629 g/mol. The zero-order chi connectivity index (χ0) is 26.6. The minimum Gasteiger partial charge on any atom is -0.493 e. The van der Waals surface area contributed by atoms with E-state index in [0.29, 0.717) is 33.7 Å². The summed E-state index contributed by atoms with van der Waals surface area (Å²) < 4.78 is 14.3. The highest BCUT2D eigenvalue weighted by Gasteiger charge is 2.32. The third-order valence-corrected chi connectivity index (χ3v) is 8.21. The molecule has 0 saturated carbocycles. The quantitative estimate of drug-likeness (QED) is 0.121. The number of ether oxygens (including phenoxy) is 2. The number of thiocarbonyl (C=S) groups is 1. The van der Waals surface area contributed by atoms with E-state index < -0.39 is 0 Å². The molecule has 1 amide bonds. The third kappa shape index (κ3) is 5.64. The molecule has 1 aromatic heterocycles. The molecule has 192 valence electrons. The van der Waals surface area contributed by atoms with Crippen LogP contribution in [0.25, 0.3) is 23.0 Å². The normalized spacial score (nSPS) is 14.4. The predicted octanol–water partition coefficient (Wildman–Crippen LogP) is 6.61. The summed E-state index contributed by atoms with van der Waals surface area (Å²) in [5.74, 6) is 1.24. The summed E-state index contributed by atoms with van der Waals surface area (Å²) >= 11 is 9.21. The summed E-state index contributed by atoms with van der Waals surface area (Å²) in [6.07, 6.45) is 4.49. The van der Waals surface area contributed by atoms with Crippen LogP contribution in [0, 0.1) is 3.57 Å². The third-order valence-electron chi connectivity index (χ3n) is 6.11. The van der Waals surface area contributed by atoms with Crippen molar-refractivity contribution in [2.75, 3.05) is 20.8 Å². The molecule has 3 aromatic carbocycles. The van der Waals surface area contributed by atoms with E-state index in [-0.39, 0.29) is 5.91 Å². The van der Waals surface area contributed by atoms with E-state index in [2.05, 4.69) is 34.7 Å². The Balaban J connectivity index is 1.42. The lowest BCUT2D eigenvalue weighted by atomic mass is 10.1. The number of hydrogen-bond acceptors (Lipinski definition) is 6. The molecule has 0 aliphatic carbocycles. The molecule has 0 N–H and O–H groups in total. The molecule has 6 nitrogen and oxygen atoms in total. The number of amides is 1. The number of rotatable bonds is 8. The first-order valence-corrected chi connectivity index (χ1v) is 14.1. The summed E-state index contributed by atoms with van der Waals surface area (Å²) in [5.41, 5.74) is 4.62. The van der Waals surface area contributed by atoms with Crippen LogP contribution in [0.2, 0.25) is 0 Å². The van der Waals surface area contributed by atoms with Crippen molar-refractivity contribution in [2.24, 2.45) is 0 Å². The Labute approximate surface area is 244 Å². The Hall–Kier alpha value is -3.15. The fourth-order valence-corrected chi connectivity index (χ4v) is 5.81. The Morgan fingerprint density at radius 2 is 1.74 bits per heavy atom. The number of para-hydroxylation sites is 1. The number of methoxy groups -OCH3 is 2. The highest BCUT2D eigenvalue weighted by Crippen LogP contribution is 2.35. The molecule has 0 bridgehead atoms. The van der Waals surface area contributed by atoms with Crippen LogP contribution in [-0.2, 0) is 11.2 Å². The molecule has 1 saturated heterocycles. The van der Waals surface area contributed by atoms with Gasteiger partial charge in [0.05, 0.1) is 30.5 Å². The van der Waals surface area contributed by atoms with Gasteiger partial charge >= 0.3 is 0 Å². The van der Waals surface area contributed by atoms with Crippen molar-refractivity contribution in [3.8, 4) is 28.4 Å². The van der Waals surface area contributed by atoms with Gasteiger partial charge in [-0.25, -0.2) is 4.68 Å². The van der Waals surface area contributed by atoms with E-state index in [0.717, 1.165) is 31.6 Å². The van der Waals surface area contributed by atoms with Gasteiger partial charge in [-0.15, -0.1) is 0 Å². The first kappa shape index (κ1) is 26.5. The second-order valence-corrected chi connectivity index (χ2v) is 11.4. The summed E-state index contributed by atoms with van der Waals surface area (Å²) in [6.45, 7) is 0.477. The zero-order valence-corrected chi connectivity index (χ0v) is 24.5. The smallest absolute Gasteiger partial charge is 0.266 e. The van der Waals surface area contributed by atoms with Crippen molar-refractivity contribution in [1.29, 1.82) is 0 Å². The van der Waals surface area contributed by atoms with Crippen LogP contribution in [0.4, 0.5) is 0 Å². The number of nitrogens with zero attached hydrogens (tertiary/aromatic N) is 3. The van der Waals surface area contributed by atoms with Crippen molar-refractivity contribution in [2.45, 2.75) is 6.42 Å². The summed E-state index contributed by atoms with van der Waals surface area (Å²) in [6, 6.07) is 23.9. The summed E-state index contributed by atoms with van der Waals surface area (Å²) in [5, 5.41) is 4.87. The molecule has 1 fully saturated rings. The van der Waals surface area contributed by atoms with Gasteiger partial charge in [-0.05, 0) is 77.0 Å². The number of aromatic nitrogens is 2. The van der Waals surface area contributed by atoms with Gasteiger partial charge < -0.3 is 9.47 Å². The predicted molar refractivity (Wildman–Crippen MR) is 165 cm³/mol. The maximum absolute atomic E-state index is 13.4. The molecule has 9 heteroatoms. The fraction of sp³-hybridized carbons (Fsp3) is 0.138. The number of halogens is 1. The van der Waals surface area contributed by atoms with Gasteiger partial charge in [-0.2, -0.15) is 5.10 Å². The largest absolute Gasteiger partial charge is 0.493 e. The van der Waals surface area contributed by atoms with E-state index in [9.17, 15) is 4.79 Å². The standard InChI is InChI=1S/C29H24IN3O3S2/c1-35-24-13-8-19(16-25(24)36-2)14-15-32-28(34)26(38-29(32)37)17-21-18-33(23-6-4-3-5-7-23)31-27(21)20-9-11-22(30)12-10-20/h3-13,16-18H,14-15H2,1-2H3. The molecule has 1 aliphatic rings. The van der Waals surface area contributed by atoms with Crippen molar-refractivity contribution in [3.05, 3.63) is 98.6 Å². The highest BCUT2D eigenvalue weighted by molar-refractivity contribution is 14.1. The molecule has 5 rings (SSSR count). The van der Waals surface area contributed by atoms with E-state index in [1.54, 1.807) is 19.1 Å². The molecule has 1 aliphatic heterocycles. The molecule has 38 heavy (non-hydrogen) atoms. The second-order valence-electron chi connectivity index (χ2n) is 8.49. The van der Waals surface area contributed by atoms with Crippen LogP contribution in [-0.4, -0.2) is 45.7 Å². The lowest BCUT2D eigenvalue weighted by Crippen LogP contribution is -2.30. The lowest BCUT2D eigenvalue weighted by molar-refractivity contribution is -0.122. The summed E-state index contributed by atoms with van der Waals surface area (Å²) in [4.78, 5) is 15.7. The van der Waals surface area contributed by atoms with Crippen LogP contribution in [0.5, 0.6) is 11.5 Å². The Kier molecular flexibility index (Phi) is 8.15. The molecule has 2 heterocycles. The Morgan fingerprint density at radius 1 is 1.00 bits per heavy atom. The molecule has 0 atom stereocenters. The number of carbonyl (C=O) groups is 1. The minimum atomic E-state index is -0.0958. The average Bonchev–Trinajstić information content (AvgIpc) is 3.48. The van der Waals surface area contributed by atoms with Crippen LogP contribution >= 0.6 is 46.6 Å². The number of carbonyl (C=O) groups excluding carboxylic acids is 1. The fourth-order valence-electron chi connectivity index (χ4n) is 4.15. The number of hydrogen-bond donors (Lipinski definition) is 0. The van der Waals surface area contributed by atoms with Gasteiger partial charge in [-0.3, -0.25) is 9.69 Å². The average molecular weight is 654 g/mol. The van der Waals surface area contributed by atoms with Crippen molar-refractivity contribution < 1.29 is 14.3 Å². The number of thioether (sulfide) groups is 1. The van der Waals surface area contributed by atoms with Gasteiger partial charge in [0.2, 0.25) is 0 Å². The molecular formula is C29H24IN3O3S2. The molecule has 0 radical (unpaired) electrons. The Bertz CT molecular complexity index is 1520. The molecule has 4 aromatic rings. The highest BCUT2D eigenvalue weighted by atomic mass is 127.